The molecule has 2 aliphatic rings. The van der Waals surface area contributed by atoms with E-state index in [0.29, 0.717) is 32.5 Å². The molecule has 0 radical (unpaired) electrons. The summed E-state index contributed by atoms with van der Waals surface area (Å²) in [5.41, 5.74) is 1.76. The lowest BCUT2D eigenvalue weighted by molar-refractivity contribution is -0.126. The number of likely N-dealkylation sites (tertiary alicyclic amines) is 1. The summed E-state index contributed by atoms with van der Waals surface area (Å²) in [6.07, 6.45) is 6.62. The molecule has 1 aromatic rings. The summed E-state index contributed by atoms with van der Waals surface area (Å²) in [4.78, 5) is 26.7. The smallest absolute Gasteiger partial charge is 0.410 e. The number of nitrogens with one attached hydrogen (secondary N) is 1. The van der Waals surface area contributed by atoms with Crippen LogP contribution in [0.4, 0.5) is 4.79 Å². The van der Waals surface area contributed by atoms with Gasteiger partial charge in [-0.15, -0.1) is 0 Å². The number of piperidine rings is 1. The largest absolute Gasteiger partial charge is 0.508 e. The number of aromatic hydroxyl groups is 1. The fourth-order valence-electron chi connectivity index (χ4n) is 4.36. The van der Waals surface area contributed by atoms with Crippen molar-refractivity contribution in [2.75, 3.05) is 13.1 Å². The molecule has 1 aromatic carbocycles. The van der Waals surface area contributed by atoms with Crippen molar-refractivity contribution in [1.82, 2.24) is 10.2 Å². The SMILES string of the molecule is CCC1CCC(OC(=O)N2CCC(C(=O)NCc3ccc(O)c(C)c3)CC2)CC1. The standard InChI is InChI=1S/C23H34N2O4/c1-3-17-4-7-20(8-5-17)29-23(28)25-12-10-19(11-13-25)22(27)24-15-18-6-9-21(26)16(2)14-18/h6,9,14,17,19-20,26H,3-5,7-8,10-13,15H2,1-2H3,(H,24,27). The third-order valence-corrected chi connectivity index (χ3v) is 6.49. The van der Waals surface area contributed by atoms with Gasteiger partial charge in [-0.05, 0) is 68.6 Å². The van der Waals surface area contributed by atoms with E-state index in [9.17, 15) is 14.7 Å². The molecular formula is C23H34N2O4. The summed E-state index contributed by atoms with van der Waals surface area (Å²) in [6.45, 7) is 5.65. The van der Waals surface area contributed by atoms with Gasteiger partial charge >= 0.3 is 6.09 Å². The summed E-state index contributed by atoms with van der Waals surface area (Å²) < 4.78 is 5.71. The summed E-state index contributed by atoms with van der Waals surface area (Å²) in [6, 6.07) is 5.34. The number of ether oxygens (including phenoxy) is 1. The van der Waals surface area contributed by atoms with Gasteiger partial charge in [0.2, 0.25) is 5.91 Å². The number of amides is 2. The third-order valence-electron chi connectivity index (χ3n) is 6.49. The highest BCUT2D eigenvalue weighted by Gasteiger charge is 2.30. The first-order chi connectivity index (χ1) is 14.0. The van der Waals surface area contributed by atoms with Crippen LogP contribution in [0.15, 0.2) is 18.2 Å². The molecule has 1 aliphatic heterocycles. The van der Waals surface area contributed by atoms with E-state index in [1.807, 2.05) is 19.1 Å². The van der Waals surface area contributed by atoms with Gasteiger partial charge in [-0.1, -0.05) is 25.5 Å². The molecule has 0 atom stereocenters. The highest BCUT2D eigenvalue weighted by Crippen LogP contribution is 2.29. The number of rotatable bonds is 5. The van der Waals surface area contributed by atoms with Gasteiger partial charge in [-0.25, -0.2) is 4.79 Å². The van der Waals surface area contributed by atoms with Crippen molar-refractivity contribution in [1.29, 1.82) is 0 Å². The second kappa shape index (κ2) is 9.99. The molecule has 1 saturated carbocycles. The molecule has 0 spiro atoms. The second-order valence-electron chi connectivity index (χ2n) is 8.53. The van der Waals surface area contributed by atoms with Crippen molar-refractivity contribution in [2.24, 2.45) is 11.8 Å². The fourth-order valence-corrected chi connectivity index (χ4v) is 4.36. The van der Waals surface area contributed by atoms with E-state index in [4.69, 9.17) is 4.74 Å². The van der Waals surface area contributed by atoms with Crippen LogP contribution in [0.25, 0.3) is 0 Å². The lowest BCUT2D eigenvalue weighted by atomic mass is 9.86. The molecule has 0 bridgehead atoms. The van der Waals surface area contributed by atoms with Gasteiger partial charge in [-0.3, -0.25) is 4.79 Å². The van der Waals surface area contributed by atoms with E-state index in [0.717, 1.165) is 42.7 Å². The molecule has 0 unspecified atom stereocenters. The zero-order valence-corrected chi connectivity index (χ0v) is 17.7. The van der Waals surface area contributed by atoms with Gasteiger partial charge in [0.1, 0.15) is 11.9 Å². The van der Waals surface area contributed by atoms with Crippen LogP contribution in [0, 0.1) is 18.8 Å². The number of phenols is 1. The highest BCUT2D eigenvalue weighted by atomic mass is 16.6. The summed E-state index contributed by atoms with van der Waals surface area (Å²) >= 11 is 0. The number of aryl methyl sites for hydroxylation is 1. The fraction of sp³-hybridized carbons (Fsp3) is 0.652. The Morgan fingerprint density at radius 3 is 2.45 bits per heavy atom. The van der Waals surface area contributed by atoms with Crippen LogP contribution >= 0.6 is 0 Å². The second-order valence-corrected chi connectivity index (χ2v) is 8.53. The van der Waals surface area contributed by atoms with Crippen molar-refractivity contribution >= 4 is 12.0 Å². The van der Waals surface area contributed by atoms with Crippen molar-refractivity contribution < 1.29 is 19.4 Å². The first kappa shape index (κ1) is 21.5. The first-order valence-corrected chi connectivity index (χ1v) is 11.0. The highest BCUT2D eigenvalue weighted by molar-refractivity contribution is 5.79. The average molecular weight is 403 g/mol. The molecule has 1 saturated heterocycles. The van der Waals surface area contributed by atoms with Crippen LogP contribution in [-0.4, -0.2) is 41.2 Å². The molecule has 0 aromatic heterocycles. The molecule has 29 heavy (non-hydrogen) atoms. The number of nitrogens with zero attached hydrogens (tertiary/aromatic N) is 1. The van der Waals surface area contributed by atoms with Crippen molar-refractivity contribution in [2.45, 2.75) is 71.4 Å². The minimum atomic E-state index is -0.219. The van der Waals surface area contributed by atoms with Crippen molar-refractivity contribution in [3.05, 3.63) is 29.3 Å². The van der Waals surface area contributed by atoms with E-state index in [2.05, 4.69) is 12.2 Å². The molecular weight excluding hydrogens is 368 g/mol. The van der Waals surface area contributed by atoms with Gasteiger partial charge in [0.15, 0.2) is 0 Å². The molecule has 1 aliphatic carbocycles. The lowest BCUT2D eigenvalue weighted by Gasteiger charge is -2.33. The van der Waals surface area contributed by atoms with Gasteiger partial charge in [0, 0.05) is 25.6 Å². The maximum Gasteiger partial charge on any atom is 0.410 e. The maximum atomic E-state index is 12.5. The minimum Gasteiger partial charge on any atom is -0.508 e. The Kier molecular flexibility index (Phi) is 7.40. The van der Waals surface area contributed by atoms with E-state index >= 15 is 0 Å². The summed E-state index contributed by atoms with van der Waals surface area (Å²) in [5, 5.41) is 12.6. The van der Waals surface area contributed by atoms with E-state index in [-0.39, 0.29) is 29.8 Å². The Morgan fingerprint density at radius 2 is 1.83 bits per heavy atom. The number of phenolic OH excluding ortho intramolecular Hbond substituents is 1. The van der Waals surface area contributed by atoms with Crippen molar-refractivity contribution in [3.63, 3.8) is 0 Å². The quantitative estimate of drug-likeness (QED) is 0.776. The van der Waals surface area contributed by atoms with E-state index in [1.54, 1.807) is 11.0 Å². The third kappa shape index (κ3) is 5.87. The topological polar surface area (TPSA) is 78.9 Å². The first-order valence-electron chi connectivity index (χ1n) is 11.0. The van der Waals surface area contributed by atoms with E-state index in [1.165, 1.54) is 6.42 Å². The monoisotopic (exact) mass is 402 g/mol. The Morgan fingerprint density at radius 1 is 1.14 bits per heavy atom. The molecule has 6 heteroatoms. The zero-order valence-electron chi connectivity index (χ0n) is 17.7. The van der Waals surface area contributed by atoms with Crippen LogP contribution in [0.2, 0.25) is 0 Å². The maximum absolute atomic E-state index is 12.5. The van der Waals surface area contributed by atoms with Crippen LogP contribution < -0.4 is 5.32 Å². The van der Waals surface area contributed by atoms with Gasteiger partial charge < -0.3 is 20.1 Å². The number of hydrogen-bond donors (Lipinski definition) is 2. The van der Waals surface area contributed by atoms with Crippen molar-refractivity contribution in [3.8, 4) is 5.75 Å². The molecule has 1 heterocycles. The number of benzene rings is 1. The van der Waals surface area contributed by atoms with Crippen LogP contribution in [-0.2, 0) is 16.1 Å². The Hall–Kier alpha value is -2.24. The van der Waals surface area contributed by atoms with Crippen LogP contribution in [0.5, 0.6) is 5.75 Å². The molecule has 2 fully saturated rings. The number of carbonyl (C=O) groups is 2. The molecule has 2 N–H and O–H groups in total. The van der Waals surface area contributed by atoms with Gasteiger partial charge in [0.25, 0.3) is 0 Å². The molecule has 2 amide bonds. The van der Waals surface area contributed by atoms with E-state index < -0.39 is 0 Å². The normalized spacial score (nSPS) is 22.9. The minimum absolute atomic E-state index is 0.0293. The summed E-state index contributed by atoms with van der Waals surface area (Å²) in [5.74, 6) is 1.00. The van der Waals surface area contributed by atoms with Gasteiger partial charge in [-0.2, -0.15) is 0 Å². The average Bonchev–Trinajstić information content (AvgIpc) is 2.75. The Labute approximate surface area is 173 Å². The predicted octanol–water partition coefficient (Wildman–Crippen LogP) is 4.13. The Bertz CT molecular complexity index is 705. The Balaban J connectivity index is 1.38. The number of carbonyl (C=O) groups excluding carboxylic acids is 2. The zero-order chi connectivity index (χ0) is 20.8. The lowest BCUT2D eigenvalue weighted by Crippen LogP contribution is -2.44. The molecule has 160 valence electrons. The number of hydrogen-bond acceptors (Lipinski definition) is 4. The molecule has 6 nitrogen and oxygen atoms in total. The predicted molar refractivity (Wildman–Crippen MR) is 112 cm³/mol. The van der Waals surface area contributed by atoms with Gasteiger partial charge in [0.05, 0.1) is 0 Å². The van der Waals surface area contributed by atoms with Crippen LogP contribution in [0.3, 0.4) is 0 Å². The molecule has 3 rings (SSSR count). The summed E-state index contributed by atoms with van der Waals surface area (Å²) in [7, 11) is 0. The van der Waals surface area contributed by atoms with Crippen LogP contribution in [0.1, 0.15) is 63.0 Å².